The van der Waals surface area contributed by atoms with Crippen LogP contribution in [0.4, 0.5) is 0 Å². The predicted molar refractivity (Wildman–Crippen MR) is 99.2 cm³/mol. The molecular weight excluding hydrogens is 288 g/mol. The van der Waals surface area contributed by atoms with Gasteiger partial charge >= 0.3 is 0 Å². The van der Waals surface area contributed by atoms with E-state index in [1.807, 2.05) is 14.1 Å². The molecule has 138 valence electrons. The van der Waals surface area contributed by atoms with Gasteiger partial charge in [0.25, 0.3) is 0 Å². The molecule has 0 aromatic rings. The Morgan fingerprint density at radius 3 is 1.83 bits per heavy atom. The van der Waals surface area contributed by atoms with Crippen molar-refractivity contribution < 1.29 is 4.79 Å². The number of unbranched alkanes of at least 4 members (excludes halogenated alkanes) is 9. The van der Waals surface area contributed by atoms with Crippen molar-refractivity contribution in [1.82, 2.24) is 10.4 Å². The monoisotopic (exact) mass is 327 g/mol. The topological polar surface area (TPSA) is 55.4 Å². The lowest BCUT2D eigenvalue weighted by atomic mass is 9.95. The van der Waals surface area contributed by atoms with E-state index in [4.69, 9.17) is 0 Å². The summed E-state index contributed by atoms with van der Waals surface area (Å²) >= 11 is 0. The molecule has 23 heavy (non-hydrogen) atoms. The van der Waals surface area contributed by atoms with Gasteiger partial charge in [-0.05, 0) is 39.9 Å². The third kappa shape index (κ3) is 14.7. The first-order valence-corrected chi connectivity index (χ1v) is 9.68. The summed E-state index contributed by atoms with van der Waals surface area (Å²) in [4.78, 5) is 13.8. The van der Waals surface area contributed by atoms with Crippen molar-refractivity contribution in [1.29, 1.82) is 0 Å². The van der Waals surface area contributed by atoms with Crippen LogP contribution in [0.15, 0.2) is 0 Å². The van der Waals surface area contributed by atoms with E-state index in [2.05, 4.69) is 11.8 Å². The third-order valence-corrected chi connectivity index (χ3v) is 4.54. The number of rotatable bonds is 16. The Labute approximate surface area is 144 Å². The van der Waals surface area contributed by atoms with Gasteiger partial charge in [-0.15, -0.1) is 0 Å². The maximum Gasteiger partial charge on any atom is 0.212 e. The fourth-order valence-corrected chi connectivity index (χ4v) is 3.02. The smallest absolute Gasteiger partial charge is 0.212 e. The highest BCUT2D eigenvalue weighted by Crippen LogP contribution is 2.18. The van der Waals surface area contributed by atoms with Gasteiger partial charge in [-0.2, -0.15) is 0 Å². The van der Waals surface area contributed by atoms with Crippen LogP contribution in [0.3, 0.4) is 0 Å². The lowest BCUT2D eigenvalue weighted by Crippen LogP contribution is -2.27. The molecule has 0 aromatic heterocycles. The summed E-state index contributed by atoms with van der Waals surface area (Å²) in [6, 6.07) is 0. The van der Waals surface area contributed by atoms with Crippen molar-refractivity contribution in [3.05, 3.63) is 5.21 Å². The first-order chi connectivity index (χ1) is 11.1. The fourth-order valence-electron chi connectivity index (χ4n) is 3.02. The van der Waals surface area contributed by atoms with Crippen LogP contribution in [0, 0.1) is 11.1 Å². The molecule has 0 radical (unpaired) electrons. The molecule has 0 bridgehead atoms. The minimum Gasteiger partial charge on any atom is -0.759 e. The van der Waals surface area contributed by atoms with E-state index in [1.165, 1.54) is 57.8 Å². The molecule has 0 heterocycles. The Morgan fingerprint density at radius 1 is 0.870 bits per heavy atom. The summed E-state index contributed by atoms with van der Waals surface area (Å²) in [5.41, 5.74) is 1.59. The van der Waals surface area contributed by atoms with E-state index in [0.29, 0.717) is 0 Å². The number of nitrogens with zero attached hydrogens (tertiary/aromatic N) is 1. The van der Waals surface area contributed by atoms with Crippen LogP contribution in [-0.2, 0) is 4.79 Å². The average Bonchev–Trinajstić information content (AvgIpc) is 2.53. The summed E-state index contributed by atoms with van der Waals surface area (Å²) in [5.74, 6) is -0.416. The van der Waals surface area contributed by atoms with Crippen molar-refractivity contribution in [2.75, 3.05) is 20.6 Å². The van der Waals surface area contributed by atoms with Crippen LogP contribution in [0.1, 0.15) is 90.4 Å². The quantitative estimate of drug-likeness (QED) is 0.325. The summed E-state index contributed by atoms with van der Waals surface area (Å²) < 4.78 is 0. The number of amides is 1. The largest absolute Gasteiger partial charge is 0.759 e. The second-order valence-electron chi connectivity index (χ2n) is 7.08. The first kappa shape index (κ1) is 22.4. The first-order valence-electron chi connectivity index (χ1n) is 9.68. The zero-order valence-electron chi connectivity index (χ0n) is 15.7. The molecule has 0 saturated heterocycles. The molecule has 0 aliphatic heterocycles. The minimum atomic E-state index is -0.320. The average molecular weight is 328 g/mol. The summed E-state index contributed by atoms with van der Waals surface area (Å²) in [7, 11) is 4.07. The highest BCUT2D eigenvalue weighted by Gasteiger charge is 2.15. The third-order valence-electron chi connectivity index (χ3n) is 4.54. The van der Waals surface area contributed by atoms with Crippen LogP contribution in [-0.4, -0.2) is 31.4 Å². The molecule has 0 fully saturated rings. The van der Waals surface area contributed by atoms with E-state index in [-0.39, 0.29) is 11.8 Å². The van der Waals surface area contributed by atoms with Crippen LogP contribution in [0.5, 0.6) is 0 Å². The lowest BCUT2D eigenvalue weighted by molar-refractivity contribution is -0.124. The summed E-state index contributed by atoms with van der Waals surface area (Å²) in [6.07, 6.45) is 15.6. The lowest BCUT2D eigenvalue weighted by Gasteiger charge is -2.19. The molecule has 0 rings (SSSR count). The number of carbonyl (C=O) groups is 1. The highest BCUT2D eigenvalue weighted by molar-refractivity contribution is 5.78. The van der Waals surface area contributed by atoms with Crippen LogP contribution in [0.25, 0.3) is 0 Å². The molecule has 1 amide bonds. The standard InChI is InChI=1S/C19H39N2O2/c1-4-5-6-7-8-9-10-11-12-13-15-18(19(22)20-23)16-14-17-21(2)3/h18H,4-17H2,1-3H3,(H-,20,22,23)/q-1. The predicted octanol–water partition coefficient (Wildman–Crippen LogP) is 4.87. The summed E-state index contributed by atoms with van der Waals surface area (Å²) in [5, 5.41) is 10.6. The maximum absolute atomic E-state index is 11.6. The van der Waals surface area contributed by atoms with Gasteiger partial charge in [0.15, 0.2) is 0 Å². The van der Waals surface area contributed by atoms with Crippen molar-refractivity contribution >= 4 is 5.91 Å². The molecule has 1 atom stereocenters. The van der Waals surface area contributed by atoms with E-state index in [0.717, 1.165) is 32.2 Å². The van der Waals surface area contributed by atoms with Gasteiger partial charge in [0.05, 0.1) is 0 Å². The second-order valence-corrected chi connectivity index (χ2v) is 7.08. The molecule has 0 aliphatic carbocycles. The van der Waals surface area contributed by atoms with Crippen molar-refractivity contribution in [2.45, 2.75) is 90.4 Å². The normalized spacial score (nSPS) is 12.6. The SMILES string of the molecule is CCCCCCCCCCCCC(CCCN(C)C)C(=O)N[O-]. The Balaban J connectivity index is 3.60. The van der Waals surface area contributed by atoms with Gasteiger partial charge < -0.3 is 15.6 Å². The number of hydrogen-bond donors (Lipinski definition) is 1. The fraction of sp³-hybridized carbons (Fsp3) is 0.947. The zero-order chi connectivity index (χ0) is 17.3. The van der Waals surface area contributed by atoms with E-state index in [9.17, 15) is 10.0 Å². The van der Waals surface area contributed by atoms with E-state index in [1.54, 1.807) is 5.48 Å². The Morgan fingerprint density at radius 2 is 1.35 bits per heavy atom. The molecule has 0 aromatic carbocycles. The summed E-state index contributed by atoms with van der Waals surface area (Å²) in [6.45, 7) is 3.22. The van der Waals surface area contributed by atoms with Crippen molar-refractivity contribution in [3.63, 3.8) is 0 Å². The zero-order valence-corrected chi connectivity index (χ0v) is 15.7. The molecule has 0 saturated carbocycles. The molecule has 0 aliphatic rings. The highest BCUT2D eigenvalue weighted by atomic mass is 16.5. The second kappa shape index (κ2) is 16.3. The Bertz CT molecular complexity index is 270. The van der Waals surface area contributed by atoms with Crippen molar-refractivity contribution in [3.8, 4) is 0 Å². The van der Waals surface area contributed by atoms with Gasteiger partial charge in [-0.25, -0.2) is 0 Å². The minimum absolute atomic E-state index is 0.0958. The molecule has 4 heteroatoms. The van der Waals surface area contributed by atoms with E-state index >= 15 is 0 Å². The van der Waals surface area contributed by atoms with Crippen LogP contribution >= 0.6 is 0 Å². The maximum atomic E-state index is 11.6. The van der Waals surface area contributed by atoms with Gasteiger partial charge in [0.2, 0.25) is 5.91 Å². The molecule has 4 nitrogen and oxygen atoms in total. The molecule has 1 N–H and O–H groups in total. The van der Waals surface area contributed by atoms with Crippen LogP contribution < -0.4 is 5.48 Å². The molecule has 1 unspecified atom stereocenters. The van der Waals surface area contributed by atoms with E-state index < -0.39 is 0 Å². The number of hydrogen-bond acceptors (Lipinski definition) is 3. The van der Waals surface area contributed by atoms with Gasteiger partial charge in [-0.3, -0.25) is 4.79 Å². The van der Waals surface area contributed by atoms with Gasteiger partial charge in [0.1, 0.15) is 0 Å². The van der Waals surface area contributed by atoms with Crippen molar-refractivity contribution in [2.24, 2.45) is 5.92 Å². The molecular formula is C19H39N2O2-. The van der Waals surface area contributed by atoms with Gasteiger partial charge in [0, 0.05) is 5.92 Å². The molecule has 0 spiro atoms. The Hall–Kier alpha value is -0.610. The number of hydroxylamine groups is 1. The van der Waals surface area contributed by atoms with Crippen LogP contribution in [0.2, 0.25) is 0 Å². The number of carbonyl (C=O) groups excluding carboxylic acids is 1. The number of nitrogens with one attached hydrogen (secondary N) is 1. The van der Waals surface area contributed by atoms with Gasteiger partial charge in [-0.1, -0.05) is 71.1 Å². The Kier molecular flexibility index (Phi) is 15.8.